The Morgan fingerprint density at radius 3 is 2.43 bits per heavy atom. The van der Waals surface area contributed by atoms with Crippen molar-refractivity contribution < 1.29 is 13.6 Å². The molecule has 0 saturated carbocycles. The van der Waals surface area contributed by atoms with E-state index >= 15 is 0 Å². The lowest BCUT2D eigenvalue weighted by molar-refractivity contribution is 0.251. The third-order valence-corrected chi connectivity index (χ3v) is 3.39. The van der Waals surface area contributed by atoms with Crippen LogP contribution in [0.25, 0.3) is 22.2 Å². The Morgan fingerprint density at radius 2 is 1.78 bits per heavy atom. The number of nitrogens with zero attached hydrogens (tertiary/aromatic N) is 1. The van der Waals surface area contributed by atoms with Gasteiger partial charge in [0.15, 0.2) is 0 Å². The molecule has 0 radical (unpaired) electrons. The Kier molecular flexibility index (Phi) is 3.59. The van der Waals surface area contributed by atoms with E-state index in [2.05, 4.69) is 0 Å². The summed E-state index contributed by atoms with van der Waals surface area (Å²) in [4.78, 5) is 35.4. The lowest BCUT2D eigenvalue weighted by Gasteiger charge is -1.98. The SMILES string of the molecule is NCCc1c2c3cccc2n(C(N)=O)c1oc(=O)ccc(=O)o3. The molecule has 2 heterocycles. The molecule has 23 heavy (non-hydrogen) atoms. The van der Waals surface area contributed by atoms with Crippen LogP contribution in [0.15, 0.2) is 48.8 Å². The highest BCUT2D eigenvalue weighted by atomic mass is 16.4. The second-order valence-corrected chi connectivity index (χ2v) is 4.82. The molecule has 0 spiro atoms. The van der Waals surface area contributed by atoms with Crippen LogP contribution in [0.4, 0.5) is 4.79 Å². The van der Waals surface area contributed by atoms with Crippen LogP contribution < -0.4 is 22.7 Å². The zero-order chi connectivity index (χ0) is 16.6. The first-order valence-corrected chi connectivity index (χ1v) is 6.80. The first kappa shape index (κ1) is 14.8. The van der Waals surface area contributed by atoms with E-state index in [0.29, 0.717) is 22.9 Å². The number of aromatic nitrogens is 1. The summed E-state index contributed by atoms with van der Waals surface area (Å²) >= 11 is 0. The molecule has 0 atom stereocenters. The first-order chi connectivity index (χ1) is 11.0. The van der Waals surface area contributed by atoms with Crippen LogP contribution in [0.5, 0.6) is 0 Å². The topological polar surface area (TPSA) is 134 Å². The van der Waals surface area contributed by atoms with Gasteiger partial charge in [0.1, 0.15) is 5.58 Å². The Labute approximate surface area is 128 Å². The van der Waals surface area contributed by atoms with Gasteiger partial charge in [-0.1, -0.05) is 6.07 Å². The van der Waals surface area contributed by atoms with E-state index in [-0.39, 0.29) is 17.8 Å². The third kappa shape index (κ3) is 2.44. The zero-order valence-corrected chi connectivity index (χ0v) is 11.9. The number of nitrogens with two attached hydrogens (primary N) is 2. The number of hydrogen-bond donors (Lipinski definition) is 2. The van der Waals surface area contributed by atoms with Gasteiger partial charge < -0.3 is 20.3 Å². The van der Waals surface area contributed by atoms with Crippen molar-refractivity contribution in [2.24, 2.45) is 11.5 Å². The van der Waals surface area contributed by atoms with E-state index in [1.807, 2.05) is 0 Å². The van der Waals surface area contributed by atoms with Gasteiger partial charge in [-0.2, -0.15) is 0 Å². The molecular formula is C15H13N3O5. The molecule has 3 rings (SSSR count). The Bertz CT molecular complexity index is 1060. The largest absolute Gasteiger partial charge is 0.423 e. The second kappa shape index (κ2) is 5.58. The highest BCUT2D eigenvalue weighted by Gasteiger charge is 2.20. The summed E-state index contributed by atoms with van der Waals surface area (Å²) in [6, 6.07) is 5.83. The van der Waals surface area contributed by atoms with E-state index < -0.39 is 17.3 Å². The number of amides is 1. The molecule has 0 saturated heterocycles. The highest BCUT2D eigenvalue weighted by molar-refractivity contribution is 6.05. The summed E-state index contributed by atoms with van der Waals surface area (Å²) in [6.07, 6.45) is 0.303. The molecule has 1 amide bonds. The maximum Gasteiger partial charge on any atom is 0.337 e. The average Bonchev–Trinajstić information content (AvgIpc) is 2.80. The number of primary amides is 1. The van der Waals surface area contributed by atoms with Gasteiger partial charge in [-0.25, -0.2) is 19.0 Å². The molecule has 118 valence electrons. The minimum Gasteiger partial charge on any atom is -0.423 e. The summed E-state index contributed by atoms with van der Waals surface area (Å²) < 4.78 is 11.5. The van der Waals surface area contributed by atoms with Crippen LogP contribution >= 0.6 is 0 Å². The highest BCUT2D eigenvalue weighted by Crippen LogP contribution is 2.30. The first-order valence-electron chi connectivity index (χ1n) is 6.80. The smallest absolute Gasteiger partial charge is 0.337 e. The van der Waals surface area contributed by atoms with Crippen LogP contribution in [0.3, 0.4) is 0 Å². The number of fused-ring (bicyclic) bond motifs is 1. The van der Waals surface area contributed by atoms with Gasteiger partial charge in [-0.05, 0) is 25.1 Å². The normalized spacial score (nSPS) is 11.0. The van der Waals surface area contributed by atoms with Crippen LogP contribution in [-0.2, 0) is 6.42 Å². The Morgan fingerprint density at radius 1 is 1.09 bits per heavy atom. The zero-order valence-electron chi connectivity index (χ0n) is 11.9. The molecule has 8 nitrogen and oxygen atoms in total. The monoisotopic (exact) mass is 315 g/mol. The van der Waals surface area contributed by atoms with Crippen molar-refractivity contribution in [1.29, 1.82) is 0 Å². The lowest BCUT2D eigenvalue weighted by atomic mass is 10.1. The molecular weight excluding hydrogens is 302 g/mol. The number of carbonyl (C=O) groups excluding carboxylic acids is 1. The van der Waals surface area contributed by atoms with Crippen LogP contribution in [0.1, 0.15) is 5.56 Å². The fraction of sp³-hybridized carbons (Fsp3) is 0.133. The van der Waals surface area contributed by atoms with Crippen LogP contribution in [0.2, 0.25) is 0 Å². The predicted octanol–water partition coefficient (Wildman–Crippen LogP) is 0.691. The van der Waals surface area contributed by atoms with Crippen molar-refractivity contribution in [3.8, 4) is 0 Å². The van der Waals surface area contributed by atoms with Crippen molar-refractivity contribution in [1.82, 2.24) is 4.57 Å². The summed E-state index contributed by atoms with van der Waals surface area (Å²) in [6.45, 7) is 0.237. The molecule has 0 aliphatic rings. The average molecular weight is 315 g/mol. The molecule has 0 aliphatic carbocycles. The third-order valence-electron chi connectivity index (χ3n) is 3.39. The molecule has 1 aromatic carbocycles. The minimum absolute atomic E-state index is 0.0157. The van der Waals surface area contributed by atoms with E-state index in [0.717, 1.165) is 16.7 Å². The van der Waals surface area contributed by atoms with Gasteiger partial charge in [0.05, 0.1) is 10.9 Å². The van der Waals surface area contributed by atoms with Crippen LogP contribution in [0, 0.1) is 0 Å². The van der Waals surface area contributed by atoms with Crippen molar-refractivity contribution >= 4 is 28.2 Å². The summed E-state index contributed by atoms with van der Waals surface area (Å²) in [5, 5.41) is 0.461. The van der Waals surface area contributed by atoms with Crippen LogP contribution in [-0.4, -0.2) is 17.1 Å². The van der Waals surface area contributed by atoms with E-state index in [1.54, 1.807) is 18.2 Å². The van der Waals surface area contributed by atoms with Crippen molar-refractivity contribution in [3.63, 3.8) is 0 Å². The Balaban J connectivity index is 2.73. The summed E-state index contributed by atoms with van der Waals surface area (Å²) in [7, 11) is 0. The van der Waals surface area contributed by atoms with Gasteiger partial charge in [-0.3, -0.25) is 0 Å². The molecule has 2 aromatic heterocycles. The lowest BCUT2D eigenvalue weighted by Crippen LogP contribution is -2.19. The maximum absolute atomic E-state index is 11.8. The van der Waals surface area contributed by atoms with Crippen molar-refractivity contribution in [2.45, 2.75) is 6.42 Å². The van der Waals surface area contributed by atoms with E-state index in [9.17, 15) is 14.4 Å². The van der Waals surface area contributed by atoms with E-state index in [1.165, 1.54) is 0 Å². The van der Waals surface area contributed by atoms with Gasteiger partial charge in [0.25, 0.3) is 0 Å². The van der Waals surface area contributed by atoms with Gasteiger partial charge in [0, 0.05) is 17.7 Å². The molecule has 2 bridgehead atoms. The van der Waals surface area contributed by atoms with Gasteiger partial charge >= 0.3 is 17.3 Å². The fourth-order valence-electron chi connectivity index (χ4n) is 2.56. The van der Waals surface area contributed by atoms with Crippen molar-refractivity contribution in [2.75, 3.05) is 6.54 Å². The van der Waals surface area contributed by atoms with E-state index in [4.69, 9.17) is 20.3 Å². The standard InChI is InChI=1S/C15H13N3O5/c16-7-6-8-13-9-2-1-3-10(13)22-11(19)4-5-12(20)23-14(8)18(9)15(17)21/h1-5H,6-7,16H2,(H2,17,21). The predicted molar refractivity (Wildman–Crippen MR) is 83.1 cm³/mol. The molecule has 3 aromatic rings. The summed E-state index contributed by atoms with van der Waals surface area (Å²) in [5.41, 5.74) is 10.5. The number of carbonyl (C=O) groups is 1. The number of rotatable bonds is 2. The fourth-order valence-corrected chi connectivity index (χ4v) is 2.56. The quantitative estimate of drug-likeness (QED) is 0.714. The van der Waals surface area contributed by atoms with Crippen molar-refractivity contribution in [3.05, 3.63) is 56.7 Å². The molecule has 0 unspecified atom stereocenters. The number of hydrogen-bond acceptors (Lipinski definition) is 6. The molecule has 0 aliphatic heterocycles. The van der Waals surface area contributed by atoms with Gasteiger partial charge in [-0.15, -0.1) is 0 Å². The minimum atomic E-state index is -0.826. The Hall–Kier alpha value is -3.13. The second-order valence-electron chi connectivity index (χ2n) is 4.82. The molecule has 4 N–H and O–H groups in total. The molecule has 0 fully saturated rings. The van der Waals surface area contributed by atoms with Gasteiger partial charge in [0.2, 0.25) is 5.71 Å². The summed E-state index contributed by atoms with van der Waals surface area (Å²) in [5.74, 6) is 0. The number of benzene rings is 1. The molecule has 8 heteroatoms. The maximum atomic E-state index is 11.8.